The Morgan fingerprint density at radius 1 is 0.848 bits per heavy atom. The van der Waals surface area contributed by atoms with Gasteiger partial charge in [0.05, 0.1) is 10.9 Å². The normalized spacial score (nSPS) is 12.0. The van der Waals surface area contributed by atoms with Gasteiger partial charge >= 0.3 is 6.03 Å². The van der Waals surface area contributed by atoms with Crippen molar-refractivity contribution in [2.45, 2.75) is 51.2 Å². The van der Waals surface area contributed by atoms with E-state index in [9.17, 15) is 22.8 Å². The predicted molar refractivity (Wildman–Crippen MR) is 126 cm³/mol. The molecule has 0 radical (unpaired) electrons. The van der Waals surface area contributed by atoms with Crippen molar-refractivity contribution in [2.75, 3.05) is 10.6 Å². The molecule has 0 aliphatic carbocycles. The van der Waals surface area contributed by atoms with Crippen molar-refractivity contribution in [3.05, 3.63) is 54.1 Å². The Labute approximate surface area is 193 Å². The molecule has 0 aromatic heterocycles. The summed E-state index contributed by atoms with van der Waals surface area (Å²) in [5.74, 6) is -0.761. The fourth-order valence-electron chi connectivity index (χ4n) is 2.75. The third-order valence-corrected chi connectivity index (χ3v) is 5.87. The summed E-state index contributed by atoms with van der Waals surface area (Å²) in [6, 6.07) is 11.2. The first-order valence-electron chi connectivity index (χ1n) is 10.3. The maximum Gasteiger partial charge on any atom is 0.319 e. The maximum atomic E-state index is 12.5. The Balaban J connectivity index is 1.88. The van der Waals surface area contributed by atoms with Crippen LogP contribution in [0.2, 0.25) is 0 Å². The predicted octanol–water partition coefficient (Wildman–Crippen LogP) is 2.16. The molecule has 0 heterocycles. The van der Waals surface area contributed by atoms with Crippen molar-refractivity contribution in [2.24, 2.45) is 0 Å². The minimum atomic E-state index is -3.93. The molecular formula is C22H29N5O5S. The van der Waals surface area contributed by atoms with Gasteiger partial charge in [-0.2, -0.15) is 4.72 Å². The zero-order valence-electron chi connectivity index (χ0n) is 18.9. The molecule has 0 fully saturated rings. The second-order valence-corrected chi connectivity index (χ2v) is 9.43. The molecule has 0 aliphatic heterocycles. The fraction of sp³-hybridized carbons (Fsp3) is 0.318. The minimum absolute atomic E-state index is 0.0157. The van der Waals surface area contributed by atoms with Gasteiger partial charge in [0, 0.05) is 30.9 Å². The summed E-state index contributed by atoms with van der Waals surface area (Å²) in [4.78, 5) is 35.1. The highest BCUT2D eigenvalue weighted by Crippen LogP contribution is 2.14. The molecule has 0 spiro atoms. The van der Waals surface area contributed by atoms with Gasteiger partial charge in [-0.25, -0.2) is 13.2 Å². The van der Waals surface area contributed by atoms with Crippen LogP contribution in [-0.2, 0) is 26.2 Å². The van der Waals surface area contributed by atoms with Crippen LogP contribution in [0.25, 0.3) is 0 Å². The Bertz CT molecular complexity index is 1080. The van der Waals surface area contributed by atoms with E-state index in [2.05, 4.69) is 26.0 Å². The second kappa shape index (κ2) is 11.4. The molecule has 178 valence electrons. The monoisotopic (exact) mass is 475 g/mol. The minimum Gasteiger partial charge on any atom is -0.351 e. The van der Waals surface area contributed by atoms with Crippen LogP contribution in [-0.4, -0.2) is 38.3 Å². The van der Waals surface area contributed by atoms with Crippen LogP contribution < -0.4 is 26.0 Å². The van der Waals surface area contributed by atoms with Crippen LogP contribution in [0.3, 0.4) is 0 Å². The number of rotatable bonds is 9. The maximum absolute atomic E-state index is 12.5. The number of benzene rings is 2. The molecule has 1 atom stereocenters. The van der Waals surface area contributed by atoms with E-state index in [0.717, 1.165) is 5.56 Å². The average molecular weight is 476 g/mol. The lowest BCUT2D eigenvalue weighted by molar-refractivity contribution is -0.122. The lowest BCUT2D eigenvalue weighted by Gasteiger charge is -2.15. The molecule has 33 heavy (non-hydrogen) atoms. The molecule has 0 saturated heterocycles. The van der Waals surface area contributed by atoms with E-state index < -0.39 is 22.0 Å². The van der Waals surface area contributed by atoms with Gasteiger partial charge in [0.25, 0.3) is 0 Å². The summed E-state index contributed by atoms with van der Waals surface area (Å²) < 4.78 is 27.4. The number of hydrogen-bond acceptors (Lipinski definition) is 5. The van der Waals surface area contributed by atoms with Gasteiger partial charge in [0.15, 0.2) is 0 Å². The van der Waals surface area contributed by atoms with Crippen molar-refractivity contribution in [3.8, 4) is 0 Å². The van der Waals surface area contributed by atoms with Gasteiger partial charge in [0.1, 0.15) is 0 Å². The number of carbonyl (C=O) groups excluding carboxylic acids is 3. The van der Waals surface area contributed by atoms with E-state index in [1.807, 2.05) is 13.8 Å². The van der Waals surface area contributed by atoms with Gasteiger partial charge in [-0.05, 0) is 62.7 Å². The Hall–Kier alpha value is -3.44. The van der Waals surface area contributed by atoms with E-state index in [1.54, 1.807) is 24.3 Å². The lowest BCUT2D eigenvalue weighted by atomic mass is 10.2. The number of anilines is 2. The molecule has 2 rings (SSSR count). The molecule has 4 amide bonds. The first-order chi connectivity index (χ1) is 15.5. The molecule has 0 saturated carbocycles. The van der Waals surface area contributed by atoms with Crippen LogP contribution in [0.15, 0.2) is 53.4 Å². The van der Waals surface area contributed by atoms with Gasteiger partial charge in [0.2, 0.25) is 21.8 Å². The molecule has 10 nitrogen and oxygen atoms in total. The Morgan fingerprint density at radius 3 is 1.94 bits per heavy atom. The highest BCUT2D eigenvalue weighted by atomic mass is 32.2. The molecule has 5 N–H and O–H groups in total. The van der Waals surface area contributed by atoms with Crippen molar-refractivity contribution in [1.82, 2.24) is 15.4 Å². The van der Waals surface area contributed by atoms with Crippen LogP contribution in [0, 0.1) is 0 Å². The molecular weight excluding hydrogens is 446 g/mol. The largest absolute Gasteiger partial charge is 0.351 e. The standard InChI is InChI=1S/C22H29N5O5S/c1-14(2)24-22(30)26-19-7-5-17(6-8-19)13-23-21(29)15(3)27-33(31,32)20-11-9-18(10-12-20)25-16(4)28/h5-12,14-15,27H,13H2,1-4H3,(H,23,29)(H,25,28)(H2,24,26,30)/t15-/m0/s1. The van der Waals surface area contributed by atoms with Gasteiger partial charge in [-0.1, -0.05) is 12.1 Å². The zero-order chi connectivity index (χ0) is 24.6. The van der Waals surface area contributed by atoms with Gasteiger partial charge < -0.3 is 21.3 Å². The number of hydrogen-bond donors (Lipinski definition) is 5. The fourth-order valence-corrected chi connectivity index (χ4v) is 3.96. The van der Waals surface area contributed by atoms with Gasteiger partial charge in [-0.3, -0.25) is 9.59 Å². The quantitative estimate of drug-likeness (QED) is 0.377. The second-order valence-electron chi connectivity index (χ2n) is 7.72. The van der Waals surface area contributed by atoms with Crippen LogP contribution in [0.1, 0.15) is 33.3 Å². The summed E-state index contributed by atoms with van der Waals surface area (Å²) in [5, 5.41) is 10.7. The molecule has 2 aromatic carbocycles. The first kappa shape index (κ1) is 25.8. The van der Waals surface area contributed by atoms with Crippen LogP contribution in [0.5, 0.6) is 0 Å². The summed E-state index contributed by atoms with van der Waals surface area (Å²) in [5.41, 5.74) is 1.85. The summed E-state index contributed by atoms with van der Waals surface area (Å²) in [6.07, 6.45) is 0. The SMILES string of the molecule is CC(=O)Nc1ccc(S(=O)(=O)N[C@@H](C)C(=O)NCc2ccc(NC(=O)NC(C)C)cc2)cc1. The summed E-state index contributed by atoms with van der Waals surface area (Å²) in [7, 11) is -3.93. The van der Waals surface area contributed by atoms with E-state index in [0.29, 0.717) is 11.4 Å². The van der Waals surface area contributed by atoms with Crippen molar-refractivity contribution >= 4 is 39.2 Å². The lowest BCUT2D eigenvalue weighted by Crippen LogP contribution is -2.44. The third kappa shape index (κ3) is 8.54. The van der Waals surface area contributed by atoms with Crippen LogP contribution in [0.4, 0.5) is 16.2 Å². The van der Waals surface area contributed by atoms with E-state index in [4.69, 9.17) is 0 Å². The van der Waals surface area contributed by atoms with Crippen molar-refractivity contribution < 1.29 is 22.8 Å². The highest BCUT2D eigenvalue weighted by Gasteiger charge is 2.22. The Kier molecular flexibility index (Phi) is 8.94. The van der Waals surface area contributed by atoms with E-state index in [-0.39, 0.29) is 29.4 Å². The number of amides is 4. The van der Waals surface area contributed by atoms with Crippen molar-refractivity contribution in [3.63, 3.8) is 0 Å². The smallest absolute Gasteiger partial charge is 0.319 e. The molecule has 0 aliphatic rings. The summed E-state index contributed by atoms with van der Waals surface area (Å²) in [6.45, 7) is 6.70. The number of nitrogens with one attached hydrogen (secondary N) is 5. The zero-order valence-corrected chi connectivity index (χ0v) is 19.7. The topological polar surface area (TPSA) is 146 Å². The number of urea groups is 1. The highest BCUT2D eigenvalue weighted by molar-refractivity contribution is 7.89. The van der Waals surface area contributed by atoms with E-state index in [1.165, 1.54) is 38.1 Å². The first-order valence-corrected chi connectivity index (χ1v) is 11.8. The third-order valence-electron chi connectivity index (χ3n) is 4.31. The van der Waals surface area contributed by atoms with Crippen molar-refractivity contribution in [1.29, 1.82) is 0 Å². The van der Waals surface area contributed by atoms with E-state index >= 15 is 0 Å². The summed E-state index contributed by atoms with van der Waals surface area (Å²) >= 11 is 0. The number of sulfonamides is 1. The average Bonchev–Trinajstić information content (AvgIpc) is 2.72. The Morgan fingerprint density at radius 2 is 1.39 bits per heavy atom. The molecule has 2 aromatic rings. The number of carbonyl (C=O) groups is 3. The molecule has 11 heteroatoms. The molecule has 0 bridgehead atoms. The molecule has 0 unspecified atom stereocenters. The van der Waals surface area contributed by atoms with Crippen LogP contribution >= 0.6 is 0 Å². The van der Waals surface area contributed by atoms with Gasteiger partial charge in [-0.15, -0.1) is 0 Å².